The molecule has 18 heavy (non-hydrogen) atoms. The summed E-state index contributed by atoms with van der Waals surface area (Å²) in [6, 6.07) is 9.60. The molecular formula is C12H13N3O2S. The van der Waals surface area contributed by atoms with Crippen molar-refractivity contribution in [1.29, 1.82) is 0 Å². The lowest BCUT2D eigenvalue weighted by molar-refractivity contribution is -0.118. The van der Waals surface area contributed by atoms with Crippen LogP contribution in [0.4, 0.5) is 0 Å². The molecule has 1 heterocycles. The molecule has 0 saturated carbocycles. The Labute approximate surface area is 109 Å². The smallest absolute Gasteiger partial charge is 0.276 e. The van der Waals surface area contributed by atoms with E-state index in [4.69, 9.17) is 4.42 Å². The fourth-order valence-corrected chi connectivity index (χ4v) is 1.95. The van der Waals surface area contributed by atoms with Crippen LogP contribution in [0.2, 0.25) is 0 Å². The predicted octanol–water partition coefficient (Wildman–Crippen LogP) is 1.96. The zero-order valence-electron chi connectivity index (χ0n) is 9.92. The van der Waals surface area contributed by atoms with Crippen LogP contribution in [-0.2, 0) is 4.79 Å². The van der Waals surface area contributed by atoms with Crippen molar-refractivity contribution in [3.05, 3.63) is 30.3 Å². The Kier molecular flexibility index (Phi) is 4.35. The van der Waals surface area contributed by atoms with Crippen LogP contribution in [0.5, 0.6) is 0 Å². The Balaban J connectivity index is 1.89. The Hall–Kier alpha value is -1.82. The molecule has 0 radical (unpaired) electrons. The maximum atomic E-state index is 10.7. The Bertz CT molecular complexity index is 513. The van der Waals surface area contributed by atoms with Gasteiger partial charge in [-0.2, -0.15) is 0 Å². The molecule has 5 nitrogen and oxygen atoms in total. The summed E-state index contributed by atoms with van der Waals surface area (Å²) in [5, 5.41) is 11.1. The summed E-state index contributed by atoms with van der Waals surface area (Å²) in [5.41, 5.74) is 0.902. The number of hydrogen-bond acceptors (Lipinski definition) is 5. The molecule has 2 aromatic rings. The topological polar surface area (TPSA) is 68.0 Å². The summed E-state index contributed by atoms with van der Waals surface area (Å²) >= 11 is 1.42. The standard InChI is InChI=1S/C12H13N3O2S/c1-9(16)13-7-8-18-12-15-14-11(17-12)10-5-3-2-4-6-10/h2-6H,7-8H2,1H3,(H,13,16). The zero-order chi connectivity index (χ0) is 12.8. The average Bonchev–Trinajstić information content (AvgIpc) is 2.84. The van der Waals surface area contributed by atoms with Gasteiger partial charge in [0.05, 0.1) is 0 Å². The minimum Gasteiger partial charge on any atom is -0.411 e. The van der Waals surface area contributed by atoms with Gasteiger partial charge in [-0.1, -0.05) is 30.0 Å². The third-order valence-electron chi connectivity index (χ3n) is 2.13. The molecule has 2 rings (SSSR count). The van der Waals surface area contributed by atoms with Crippen molar-refractivity contribution in [3.63, 3.8) is 0 Å². The molecule has 1 N–H and O–H groups in total. The summed E-state index contributed by atoms with van der Waals surface area (Å²) < 4.78 is 5.50. The SMILES string of the molecule is CC(=O)NCCSc1nnc(-c2ccccc2)o1. The fourth-order valence-electron chi connectivity index (χ4n) is 1.33. The van der Waals surface area contributed by atoms with Crippen molar-refractivity contribution in [2.45, 2.75) is 12.1 Å². The lowest BCUT2D eigenvalue weighted by Crippen LogP contribution is -2.22. The number of hydrogen-bond donors (Lipinski definition) is 1. The Morgan fingerprint density at radius 3 is 2.83 bits per heavy atom. The van der Waals surface area contributed by atoms with Gasteiger partial charge in [-0.3, -0.25) is 4.79 Å². The van der Waals surface area contributed by atoms with E-state index in [0.29, 0.717) is 23.4 Å². The molecule has 0 aliphatic carbocycles. The minimum atomic E-state index is -0.0360. The van der Waals surface area contributed by atoms with Crippen LogP contribution in [-0.4, -0.2) is 28.4 Å². The average molecular weight is 263 g/mol. The van der Waals surface area contributed by atoms with E-state index in [1.807, 2.05) is 30.3 Å². The number of aromatic nitrogens is 2. The predicted molar refractivity (Wildman–Crippen MR) is 69.1 cm³/mol. The van der Waals surface area contributed by atoms with Gasteiger partial charge in [-0.25, -0.2) is 0 Å². The van der Waals surface area contributed by atoms with E-state index < -0.39 is 0 Å². The van der Waals surface area contributed by atoms with Crippen LogP contribution in [0.3, 0.4) is 0 Å². The lowest BCUT2D eigenvalue weighted by atomic mass is 10.2. The summed E-state index contributed by atoms with van der Waals surface area (Å²) in [6.07, 6.45) is 0. The molecule has 0 aliphatic rings. The number of amides is 1. The molecule has 0 fully saturated rings. The van der Waals surface area contributed by atoms with Crippen LogP contribution in [0.25, 0.3) is 11.5 Å². The number of nitrogens with one attached hydrogen (secondary N) is 1. The van der Waals surface area contributed by atoms with E-state index in [2.05, 4.69) is 15.5 Å². The maximum Gasteiger partial charge on any atom is 0.276 e. The van der Waals surface area contributed by atoms with Gasteiger partial charge in [0.15, 0.2) is 0 Å². The van der Waals surface area contributed by atoms with Crippen molar-refractivity contribution in [3.8, 4) is 11.5 Å². The summed E-state index contributed by atoms with van der Waals surface area (Å²) in [7, 11) is 0. The first-order chi connectivity index (χ1) is 8.75. The van der Waals surface area contributed by atoms with Gasteiger partial charge >= 0.3 is 0 Å². The van der Waals surface area contributed by atoms with Crippen molar-refractivity contribution in [2.75, 3.05) is 12.3 Å². The van der Waals surface area contributed by atoms with E-state index in [1.165, 1.54) is 18.7 Å². The lowest BCUT2D eigenvalue weighted by Gasteiger charge is -1.98. The fraction of sp³-hybridized carbons (Fsp3) is 0.250. The summed E-state index contributed by atoms with van der Waals surface area (Å²) in [5.74, 6) is 1.18. The number of carbonyl (C=O) groups excluding carboxylic acids is 1. The van der Waals surface area contributed by atoms with Crippen LogP contribution in [0.1, 0.15) is 6.92 Å². The Morgan fingerprint density at radius 2 is 2.11 bits per heavy atom. The molecule has 1 amide bonds. The van der Waals surface area contributed by atoms with Crippen molar-refractivity contribution < 1.29 is 9.21 Å². The maximum absolute atomic E-state index is 10.7. The van der Waals surface area contributed by atoms with E-state index >= 15 is 0 Å². The van der Waals surface area contributed by atoms with E-state index in [0.717, 1.165) is 5.56 Å². The number of thioether (sulfide) groups is 1. The molecule has 0 saturated heterocycles. The molecule has 1 aromatic carbocycles. The highest BCUT2D eigenvalue weighted by atomic mass is 32.2. The molecule has 1 aromatic heterocycles. The first-order valence-electron chi connectivity index (χ1n) is 5.52. The van der Waals surface area contributed by atoms with Crippen molar-refractivity contribution >= 4 is 17.7 Å². The summed E-state index contributed by atoms with van der Waals surface area (Å²) in [4.78, 5) is 10.7. The van der Waals surface area contributed by atoms with Crippen LogP contribution < -0.4 is 5.32 Å². The van der Waals surface area contributed by atoms with Gasteiger partial charge in [0.2, 0.25) is 11.8 Å². The normalized spacial score (nSPS) is 10.3. The highest BCUT2D eigenvalue weighted by Gasteiger charge is 2.08. The van der Waals surface area contributed by atoms with Gasteiger partial charge in [0, 0.05) is 24.8 Å². The second-order valence-electron chi connectivity index (χ2n) is 3.57. The molecule has 0 aliphatic heterocycles. The van der Waals surface area contributed by atoms with E-state index in [9.17, 15) is 4.79 Å². The number of carbonyl (C=O) groups is 1. The first kappa shape index (κ1) is 12.6. The van der Waals surface area contributed by atoms with Gasteiger partial charge in [0.1, 0.15) is 0 Å². The second kappa shape index (κ2) is 6.20. The Morgan fingerprint density at radius 1 is 1.33 bits per heavy atom. The number of rotatable bonds is 5. The van der Waals surface area contributed by atoms with Crippen LogP contribution in [0.15, 0.2) is 40.0 Å². The van der Waals surface area contributed by atoms with E-state index in [1.54, 1.807) is 0 Å². The first-order valence-corrected chi connectivity index (χ1v) is 6.50. The molecule has 6 heteroatoms. The summed E-state index contributed by atoms with van der Waals surface area (Å²) in [6.45, 7) is 2.08. The third kappa shape index (κ3) is 3.59. The second-order valence-corrected chi connectivity index (χ2v) is 4.62. The monoisotopic (exact) mass is 263 g/mol. The largest absolute Gasteiger partial charge is 0.411 e. The highest BCUT2D eigenvalue weighted by Crippen LogP contribution is 2.22. The van der Waals surface area contributed by atoms with Crippen LogP contribution in [0, 0.1) is 0 Å². The molecule has 0 bridgehead atoms. The van der Waals surface area contributed by atoms with Crippen molar-refractivity contribution in [2.24, 2.45) is 0 Å². The molecule has 0 atom stereocenters. The van der Waals surface area contributed by atoms with Gasteiger partial charge in [-0.05, 0) is 12.1 Å². The van der Waals surface area contributed by atoms with Gasteiger partial charge in [-0.15, -0.1) is 10.2 Å². The third-order valence-corrected chi connectivity index (χ3v) is 2.95. The number of nitrogens with zero attached hydrogens (tertiary/aromatic N) is 2. The van der Waals surface area contributed by atoms with E-state index in [-0.39, 0.29) is 5.91 Å². The van der Waals surface area contributed by atoms with Gasteiger partial charge in [0.25, 0.3) is 5.22 Å². The zero-order valence-corrected chi connectivity index (χ0v) is 10.7. The van der Waals surface area contributed by atoms with Crippen molar-refractivity contribution in [1.82, 2.24) is 15.5 Å². The minimum absolute atomic E-state index is 0.0360. The molecular weight excluding hydrogens is 250 g/mol. The van der Waals surface area contributed by atoms with Gasteiger partial charge < -0.3 is 9.73 Å². The molecule has 0 spiro atoms. The quantitative estimate of drug-likeness (QED) is 0.659. The molecule has 94 valence electrons. The highest BCUT2D eigenvalue weighted by molar-refractivity contribution is 7.99. The molecule has 0 unspecified atom stereocenters. The number of benzene rings is 1. The van der Waals surface area contributed by atoms with Crippen LogP contribution >= 0.6 is 11.8 Å².